The third kappa shape index (κ3) is 1.64. The Labute approximate surface area is 54.3 Å². The fraction of sp³-hybridized carbons (Fsp3) is 1.00. The van der Waals surface area contributed by atoms with Crippen LogP contribution in [0.4, 0.5) is 0 Å². The average Bonchev–Trinajstić information content (AvgIpc) is 1.89. The van der Waals surface area contributed by atoms with E-state index in [1.54, 1.807) is 0 Å². The summed E-state index contributed by atoms with van der Waals surface area (Å²) in [5, 5.41) is 17.7. The summed E-state index contributed by atoms with van der Waals surface area (Å²) >= 11 is 0. The van der Waals surface area contributed by atoms with Gasteiger partial charge in [0, 0.05) is 19.1 Å². The number of ether oxygens (including phenoxy) is 1. The number of rotatable bonds is 1. The highest BCUT2D eigenvalue weighted by molar-refractivity contribution is 4.70. The Kier molecular flexibility index (Phi) is 2.45. The Balaban J connectivity index is 2.30. The Morgan fingerprint density at radius 2 is 2.33 bits per heavy atom. The first kappa shape index (κ1) is 6.99. The van der Waals surface area contributed by atoms with Crippen molar-refractivity contribution in [2.24, 2.45) is 5.92 Å². The van der Waals surface area contributed by atoms with Gasteiger partial charge in [-0.15, -0.1) is 0 Å². The Morgan fingerprint density at radius 3 is 2.78 bits per heavy atom. The van der Waals surface area contributed by atoms with Gasteiger partial charge >= 0.3 is 0 Å². The van der Waals surface area contributed by atoms with Crippen LogP contribution in [-0.2, 0) is 4.74 Å². The molecule has 0 aromatic heterocycles. The lowest BCUT2D eigenvalue weighted by Crippen LogP contribution is -2.34. The first-order chi connectivity index (χ1) is 4.34. The van der Waals surface area contributed by atoms with Crippen molar-refractivity contribution < 1.29 is 14.9 Å². The van der Waals surface area contributed by atoms with E-state index in [-0.39, 0.29) is 12.5 Å². The van der Waals surface area contributed by atoms with E-state index in [2.05, 4.69) is 0 Å². The second-order valence-corrected chi connectivity index (χ2v) is 2.37. The molecule has 0 aromatic rings. The first-order valence-corrected chi connectivity index (χ1v) is 3.21. The fourth-order valence-electron chi connectivity index (χ4n) is 0.980. The highest BCUT2D eigenvalue weighted by Crippen LogP contribution is 2.13. The van der Waals surface area contributed by atoms with E-state index in [0.717, 1.165) is 6.42 Å². The molecule has 0 unspecified atom stereocenters. The molecule has 1 heterocycles. The highest BCUT2D eigenvalue weighted by atomic mass is 16.5. The van der Waals surface area contributed by atoms with Crippen LogP contribution in [0.25, 0.3) is 0 Å². The van der Waals surface area contributed by atoms with Gasteiger partial charge in [0.25, 0.3) is 0 Å². The van der Waals surface area contributed by atoms with Gasteiger partial charge in [0.1, 0.15) is 0 Å². The van der Waals surface area contributed by atoms with Crippen LogP contribution in [0.1, 0.15) is 6.42 Å². The van der Waals surface area contributed by atoms with Gasteiger partial charge in [-0.3, -0.25) is 0 Å². The summed E-state index contributed by atoms with van der Waals surface area (Å²) in [7, 11) is 0. The largest absolute Gasteiger partial charge is 0.396 e. The number of hydrogen-bond donors (Lipinski definition) is 2. The van der Waals surface area contributed by atoms with Crippen molar-refractivity contribution in [2.75, 3.05) is 19.8 Å². The lowest BCUT2D eigenvalue weighted by Gasteiger charge is -2.25. The zero-order chi connectivity index (χ0) is 6.69. The average molecular weight is 132 g/mol. The molecule has 0 amide bonds. The van der Waals surface area contributed by atoms with Crippen molar-refractivity contribution in [3.05, 3.63) is 0 Å². The maximum absolute atomic E-state index is 9.08. The molecule has 3 heteroatoms. The van der Waals surface area contributed by atoms with Gasteiger partial charge < -0.3 is 14.9 Å². The van der Waals surface area contributed by atoms with Crippen LogP contribution in [0.2, 0.25) is 0 Å². The topological polar surface area (TPSA) is 49.7 Å². The molecule has 1 fully saturated rings. The normalized spacial score (nSPS) is 36.7. The molecule has 1 rings (SSSR count). The molecular weight excluding hydrogens is 120 g/mol. The summed E-state index contributed by atoms with van der Waals surface area (Å²) in [5.41, 5.74) is 0. The van der Waals surface area contributed by atoms with E-state index in [9.17, 15) is 0 Å². The maximum Gasteiger partial charge on any atom is 0.0824 e. The van der Waals surface area contributed by atoms with E-state index in [1.165, 1.54) is 0 Å². The van der Waals surface area contributed by atoms with E-state index in [4.69, 9.17) is 14.9 Å². The summed E-state index contributed by atoms with van der Waals surface area (Å²) in [6.07, 6.45) is 0.321. The Morgan fingerprint density at radius 1 is 1.56 bits per heavy atom. The summed E-state index contributed by atoms with van der Waals surface area (Å²) < 4.78 is 4.95. The quantitative estimate of drug-likeness (QED) is 0.499. The highest BCUT2D eigenvalue weighted by Gasteiger charge is 2.22. The van der Waals surface area contributed by atoms with Crippen LogP contribution in [0, 0.1) is 5.92 Å². The fourth-order valence-corrected chi connectivity index (χ4v) is 0.980. The van der Waals surface area contributed by atoms with Gasteiger partial charge in [0.15, 0.2) is 0 Å². The van der Waals surface area contributed by atoms with E-state index < -0.39 is 6.10 Å². The summed E-state index contributed by atoms with van der Waals surface area (Å²) in [6, 6.07) is 0. The lowest BCUT2D eigenvalue weighted by atomic mass is 9.99. The summed E-state index contributed by atoms with van der Waals surface area (Å²) in [5.74, 6) is 0.0405. The molecule has 2 N–H and O–H groups in total. The molecule has 54 valence electrons. The predicted octanol–water partition coefficient (Wildman–Crippen LogP) is -0.624. The van der Waals surface area contributed by atoms with Gasteiger partial charge in [0.2, 0.25) is 0 Å². The second-order valence-electron chi connectivity index (χ2n) is 2.37. The SMILES string of the molecule is OC[C@H]1CCOC[C@@H]1O. The Bertz CT molecular complexity index is 84.4. The monoisotopic (exact) mass is 132 g/mol. The van der Waals surface area contributed by atoms with Crippen LogP contribution in [0.3, 0.4) is 0 Å². The van der Waals surface area contributed by atoms with E-state index in [1.807, 2.05) is 0 Å². The smallest absolute Gasteiger partial charge is 0.0824 e. The van der Waals surface area contributed by atoms with Crippen molar-refractivity contribution in [1.29, 1.82) is 0 Å². The second kappa shape index (κ2) is 3.15. The van der Waals surface area contributed by atoms with Crippen LogP contribution in [0.15, 0.2) is 0 Å². The molecule has 1 aliphatic heterocycles. The van der Waals surface area contributed by atoms with Gasteiger partial charge in [-0.1, -0.05) is 0 Å². The third-order valence-electron chi connectivity index (χ3n) is 1.70. The molecule has 0 saturated carbocycles. The van der Waals surface area contributed by atoms with Crippen LogP contribution >= 0.6 is 0 Å². The van der Waals surface area contributed by atoms with E-state index in [0.29, 0.717) is 13.2 Å². The minimum Gasteiger partial charge on any atom is -0.396 e. The van der Waals surface area contributed by atoms with Crippen LogP contribution < -0.4 is 0 Å². The van der Waals surface area contributed by atoms with Crippen LogP contribution in [-0.4, -0.2) is 36.1 Å². The molecule has 9 heavy (non-hydrogen) atoms. The zero-order valence-corrected chi connectivity index (χ0v) is 5.29. The molecule has 0 radical (unpaired) electrons. The summed E-state index contributed by atoms with van der Waals surface area (Å²) in [6.45, 7) is 1.12. The molecule has 0 spiro atoms. The molecule has 2 atom stereocenters. The van der Waals surface area contributed by atoms with Gasteiger partial charge in [-0.2, -0.15) is 0 Å². The lowest BCUT2D eigenvalue weighted by molar-refractivity contribution is -0.0584. The first-order valence-electron chi connectivity index (χ1n) is 3.21. The van der Waals surface area contributed by atoms with E-state index >= 15 is 0 Å². The summed E-state index contributed by atoms with van der Waals surface area (Å²) in [4.78, 5) is 0. The number of aliphatic hydroxyl groups excluding tert-OH is 2. The van der Waals surface area contributed by atoms with Crippen molar-refractivity contribution >= 4 is 0 Å². The number of aliphatic hydroxyl groups is 2. The molecule has 0 bridgehead atoms. The minimum absolute atomic E-state index is 0.0405. The minimum atomic E-state index is -0.455. The molecule has 0 aromatic carbocycles. The van der Waals surface area contributed by atoms with Gasteiger partial charge in [0.05, 0.1) is 12.7 Å². The third-order valence-corrected chi connectivity index (χ3v) is 1.70. The van der Waals surface area contributed by atoms with Crippen LogP contribution in [0.5, 0.6) is 0 Å². The molecule has 3 nitrogen and oxygen atoms in total. The number of hydrogen-bond acceptors (Lipinski definition) is 3. The molecular formula is C6H12O3. The van der Waals surface area contributed by atoms with Crippen molar-refractivity contribution in [3.8, 4) is 0 Å². The predicted molar refractivity (Wildman–Crippen MR) is 32.0 cm³/mol. The molecule has 0 aliphatic carbocycles. The van der Waals surface area contributed by atoms with Crippen molar-refractivity contribution in [3.63, 3.8) is 0 Å². The maximum atomic E-state index is 9.08. The zero-order valence-electron chi connectivity index (χ0n) is 5.29. The van der Waals surface area contributed by atoms with Gasteiger partial charge in [-0.25, -0.2) is 0 Å². The Hall–Kier alpha value is -0.120. The van der Waals surface area contributed by atoms with Crippen molar-refractivity contribution in [1.82, 2.24) is 0 Å². The van der Waals surface area contributed by atoms with Gasteiger partial charge in [-0.05, 0) is 6.42 Å². The molecule has 1 saturated heterocycles. The van der Waals surface area contributed by atoms with Crippen molar-refractivity contribution in [2.45, 2.75) is 12.5 Å². The standard InChI is InChI=1S/C6H12O3/c7-3-5-1-2-9-4-6(5)8/h5-8H,1-4H2/t5-,6+/m1/s1. The molecule has 1 aliphatic rings.